The van der Waals surface area contributed by atoms with Gasteiger partial charge in [0.05, 0.1) is 38.3 Å². The summed E-state index contributed by atoms with van der Waals surface area (Å²) in [7, 11) is 0. The Morgan fingerprint density at radius 1 is 0.500 bits per heavy atom. The average molecular weight is 1230 g/mol. The van der Waals surface area contributed by atoms with Crippen LogP contribution >= 0.6 is 0 Å². The molecule has 4 aliphatic rings. The zero-order valence-corrected chi connectivity index (χ0v) is 44.5. The molecule has 0 atom stereocenters. The average Bonchev–Trinajstić information content (AvgIpc) is 3.78. The largest absolute Gasteiger partial charge is 1.00 e. The van der Waals surface area contributed by atoms with Crippen LogP contribution in [0.5, 0.6) is 0 Å². The second-order valence-electron chi connectivity index (χ2n) is 15.3. The third-order valence-electron chi connectivity index (χ3n) is 9.93. The van der Waals surface area contributed by atoms with E-state index in [1.807, 2.05) is 0 Å². The molecule has 0 aromatic heterocycles. The molecule has 2 heterocycles. The summed E-state index contributed by atoms with van der Waals surface area (Å²) in [6.07, 6.45) is 35.3. The topological polar surface area (TPSA) is 60.1 Å². The first-order valence-corrected chi connectivity index (χ1v) is 21.1. The molecule has 62 heavy (non-hydrogen) atoms. The smallest absolute Gasteiger partial charge is 0.131 e. The maximum Gasteiger partial charge on any atom is 0.131 e. The number of nitriles is 2. The molecular weight excluding hydrogens is 1160 g/mol. The van der Waals surface area contributed by atoms with Crippen molar-refractivity contribution in [3.63, 3.8) is 0 Å². The molecule has 10 heteroatoms. The summed E-state index contributed by atoms with van der Waals surface area (Å²) >= 11 is 0. The molecule has 2 aliphatic heterocycles. The number of aryl methyl sites for hydroxylation is 6. The van der Waals surface area contributed by atoms with Crippen LogP contribution < -0.4 is 34.6 Å². The Labute approximate surface area is 415 Å². The Morgan fingerprint density at radius 2 is 0.758 bits per heavy atom. The first-order chi connectivity index (χ1) is 28.1. The molecule has 340 valence electrons. The Morgan fingerprint density at radius 3 is 1.02 bits per heavy atom. The molecule has 0 amide bonds. The predicted molar refractivity (Wildman–Crippen MR) is 246 cm³/mol. The molecule has 6 nitrogen and oxygen atoms in total. The number of hydrogen-bond acceptors (Lipinski definition) is 4. The molecule has 2 aliphatic carbocycles. The minimum absolute atomic E-state index is 0. The van der Waals surface area contributed by atoms with Crippen LogP contribution in [0.4, 0.5) is 11.4 Å². The van der Waals surface area contributed by atoms with E-state index in [0.29, 0.717) is 0 Å². The molecule has 3 aromatic rings. The van der Waals surface area contributed by atoms with Crippen molar-refractivity contribution in [1.82, 2.24) is 0 Å². The van der Waals surface area contributed by atoms with Crippen molar-refractivity contribution in [3.8, 4) is 12.1 Å². The summed E-state index contributed by atoms with van der Waals surface area (Å²) in [5.41, 5.74) is 13.2. The fourth-order valence-electron chi connectivity index (χ4n) is 7.71. The zero-order chi connectivity index (χ0) is 42.1. The molecule has 0 bridgehead atoms. The molecule has 0 fully saturated rings. The van der Waals surface area contributed by atoms with Gasteiger partial charge in [0.25, 0.3) is 0 Å². The van der Waals surface area contributed by atoms with Crippen molar-refractivity contribution < 1.29 is 74.2 Å². The Kier molecular flexibility index (Phi) is 34.0. The molecule has 0 saturated carbocycles. The first kappa shape index (κ1) is 60.5. The van der Waals surface area contributed by atoms with Crippen molar-refractivity contribution in [3.05, 3.63) is 142 Å². The first-order valence-electron chi connectivity index (χ1n) is 21.1. The molecular formula is C52H68Cl2Ir2N6-2. The number of hydrogen-bond donors (Lipinski definition) is 0. The van der Waals surface area contributed by atoms with Crippen LogP contribution in [0, 0.1) is 64.2 Å². The van der Waals surface area contributed by atoms with Crippen molar-refractivity contribution in [2.75, 3.05) is 36.0 Å². The van der Waals surface area contributed by atoms with Gasteiger partial charge >= 0.3 is 0 Å². The van der Waals surface area contributed by atoms with Gasteiger partial charge in [-0.05, 0) is 93.8 Å². The van der Waals surface area contributed by atoms with E-state index in [4.69, 9.17) is 10.5 Å². The summed E-state index contributed by atoms with van der Waals surface area (Å²) < 4.78 is 4.63. The molecule has 7 rings (SSSR count). The van der Waals surface area contributed by atoms with Gasteiger partial charge in [-0.2, -0.15) is 10.5 Å². The molecule has 0 saturated heterocycles. The van der Waals surface area contributed by atoms with E-state index >= 15 is 0 Å². The molecule has 0 N–H and O–H groups in total. The van der Waals surface area contributed by atoms with Crippen LogP contribution in [-0.4, -0.2) is 48.0 Å². The maximum atomic E-state index is 7.32. The molecule has 3 aromatic carbocycles. The fourth-order valence-corrected chi connectivity index (χ4v) is 7.71. The second kappa shape index (κ2) is 34.8. The third-order valence-corrected chi connectivity index (χ3v) is 9.93. The summed E-state index contributed by atoms with van der Waals surface area (Å²) in [4.78, 5) is 4.59. The van der Waals surface area contributed by atoms with E-state index < -0.39 is 0 Å². The van der Waals surface area contributed by atoms with E-state index in [1.165, 1.54) is 121 Å². The Bertz CT molecular complexity index is 1800. The SMILES string of the molecule is C1=C\CC/C=C\CC/1.C1=C\CC/C=C\CC/1.CC#N.CC#N.Cc1cc(C)c(N2[C-]=[N+](Cc3cccc(C[N+]4=[C-]N(c5c(C)cc(C)cc5C)CC4)c3)CC2)c(C)c1.[Cl-].[Cl-].[Ir].[Ir]. The summed E-state index contributed by atoms with van der Waals surface area (Å²) in [5, 5.41) is 14.6. The third kappa shape index (κ3) is 22.2. The molecule has 0 spiro atoms. The van der Waals surface area contributed by atoms with E-state index in [2.05, 4.69) is 170 Å². The minimum atomic E-state index is 0. The van der Waals surface area contributed by atoms with Gasteiger partial charge in [0.2, 0.25) is 0 Å². The van der Waals surface area contributed by atoms with Gasteiger partial charge in [0.15, 0.2) is 0 Å². The van der Waals surface area contributed by atoms with Gasteiger partial charge in [-0.15, -0.1) is 0 Å². The summed E-state index contributed by atoms with van der Waals surface area (Å²) in [5.74, 6) is 0. The maximum absolute atomic E-state index is 7.32. The van der Waals surface area contributed by atoms with E-state index in [9.17, 15) is 0 Å². The van der Waals surface area contributed by atoms with Crippen molar-refractivity contribution in [1.29, 1.82) is 10.5 Å². The van der Waals surface area contributed by atoms with Gasteiger partial charge in [0, 0.05) is 54.1 Å². The van der Waals surface area contributed by atoms with E-state index in [0.717, 1.165) is 39.3 Å². The number of nitrogens with zero attached hydrogens (tertiary/aromatic N) is 6. The number of halogens is 2. The predicted octanol–water partition coefficient (Wildman–Crippen LogP) is 5.82. The van der Waals surface area contributed by atoms with Crippen LogP contribution in [0.2, 0.25) is 0 Å². The number of anilines is 2. The number of rotatable bonds is 6. The summed E-state index contributed by atoms with van der Waals surface area (Å²) in [6, 6.07) is 21.6. The van der Waals surface area contributed by atoms with Gasteiger partial charge < -0.3 is 43.8 Å². The van der Waals surface area contributed by atoms with Crippen molar-refractivity contribution in [2.24, 2.45) is 0 Å². The van der Waals surface area contributed by atoms with Gasteiger partial charge in [0.1, 0.15) is 25.8 Å². The van der Waals surface area contributed by atoms with Crippen LogP contribution in [-0.2, 0) is 53.3 Å². The van der Waals surface area contributed by atoms with Gasteiger partial charge in [-0.3, -0.25) is 0 Å². The normalized spacial score (nSPS) is 16.5. The van der Waals surface area contributed by atoms with E-state index in [1.54, 1.807) is 12.1 Å². The van der Waals surface area contributed by atoms with Gasteiger partial charge in [-0.1, -0.05) is 152 Å². The van der Waals surface area contributed by atoms with Crippen LogP contribution in [0.25, 0.3) is 0 Å². The van der Waals surface area contributed by atoms with Gasteiger partial charge in [-0.25, -0.2) is 0 Å². The zero-order valence-electron chi connectivity index (χ0n) is 38.2. The van der Waals surface area contributed by atoms with Crippen LogP contribution in [0.15, 0.2) is 97.1 Å². The van der Waals surface area contributed by atoms with Crippen LogP contribution in [0.3, 0.4) is 0 Å². The van der Waals surface area contributed by atoms with Crippen molar-refractivity contribution in [2.45, 2.75) is 120 Å². The second-order valence-corrected chi connectivity index (χ2v) is 15.3. The molecule has 0 unspecified atom stereocenters. The van der Waals surface area contributed by atoms with Crippen molar-refractivity contribution >= 4 is 24.1 Å². The number of benzene rings is 3. The number of allylic oxidation sites excluding steroid dienone is 8. The minimum Gasteiger partial charge on any atom is -1.00 e. The Hall–Kier alpha value is -3.58. The molecule has 2 radical (unpaired) electrons. The van der Waals surface area contributed by atoms with Crippen LogP contribution in [0.1, 0.15) is 110 Å². The monoisotopic (exact) mass is 1230 g/mol. The quantitative estimate of drug-likeness (QED) is 0.178. The fraction of sp³-hybridized carbons (Fsp3) is 0.423. The summed E-state index contributed by atoms with van der Waals surface area (Å²) in [6.45, 7) is 21.7. The Balaban J connectivity index is 0. The standard InChI is InChI=1S/C32H38N4.2C8H12.2C2H3N.2ClH.2Ir/c1-23-14-25(3)31(26(4)15-23)35-12-10-33(21-35)19-29-8-7-9-30(18-29)20-34-11-13-36(22-34)32-27(5)16-24(2)17-28(32)6;2*1-2-4-6-8-7-5-3-1;2*1-2-3;;;;/h7-9,14-18H,10-13,19-20H2,1-6H3;2*1-2,7-8H,3-6H2;2*1H3;2*1H;;/p-2/b;2*2-1-,8-7-;;;;;;. The van der Waals surface area contributed by atoms with E-state index in [-0.39, 0.29) is 65.0 Å².